The molecule has 188 valence electrons. The zero-order chi connectivity index (χ0) is 25.9. The molecule has 1 saturated carbocycles. The molecule has 2 aliphatic heterocycles. The van der Waals surface area contributed by atoms with Crippen molar-refractivity contribution in [3.63, 3.8) is 0 Å². The lowest BCUT2D eigenvalue weighted by Gasteiger charge is -2.32. The average Bonchev–Trinajstić information content (AvgIpc) is 3.38. The van der Waals surface area contributed by atoms with E-state index in [2.05, 4.69) is 21.4 Å². The summed E-state index contributed by atoms with van der Waals surface area (Å²) in [6.45, 7) is 0.0583. The van der Waals surface area contributed by atoms with Crippen LogP contribution in [0, 0.1) is 17.2 Å². The number of hydrogen-bond donors (Lipinski definition) is 2. The van der Waals surface area contributed by atoms with Gasteiger partial charge in [0.1, 0.15) is 17.8 Å². The molecule has 2 aromatic heterocycles. The minimum atomic E-state index is -1.05. The molecule has 3 aliphatic rings. The van der Waals surface area contributed by atoms with Gasteiger partial charge in [0.25, 0.3) is 5.91 Å². The van der Waals surface area contributed by atoms with E-state index in [9.17, 15) is 19.6 Å². The van der Waals surface area contributed by atoms with Gasteiger partial charge in [-0.1, -0.05) is 24.4 Å². The average molecular weight is 517 g/mol. The lowest BCUT2D eigenvalue weighted by atomic mass is 9.80. The third kappa shape index (κ3) is 3.83. The predicted octanol–water partition coefficient (Wildman–Crippen LogP) is 3.47. The van der Waals surface area contributed by atoms with Gasteiger partial charge in [-0.3, -0.25) is 19.4 Å². The molecule has 2 fully saturated rings. The van der Waals surface area contributed by atoms with Gasteiger partial charge in [0, 0.05) is 36.9 Å². The summed E-state index contributed by atoms with van der Waals surface area (Å²) in [6.07, 6.45) is 4.35. The fourth-order valence-electron chi connectivity index (χ4n) is 5.69. The number of halogens is 1. The summed E-state index contributed by atoms with van der Waals surface area (Å²) in [6, 6.07) is 11.2. The second-order valence-electron chi connectivity index (χ2n) is 10.3. The Bertz CT molecular complexity index is 1460. The van der Waals surface area contributed by atoms with Crippen molar-refractivity contribution in [2.45, 2.75) is 43.2 Å². The fraction of sp³-hybridized carbons (Fsp3) is 0.370. The number of nitrogens with one attached hydrogen (secondary N) is 2. The topological polar surface area (TPSA) is 122 Å². The fourth-order valence-corrected chi connectivity index (χ4v) is 5.86. The van der Waals surface area contributed by atoms with Gasteiger partial charge in [-0.2, -0.15) is 5.26 Å². The Morgan fingerprint density at radius 1 is 1.32 bits per heavy atom. The van der Waals surface area contributed by atoms with Gasteiger partial charge in [0.2, 0.25) is 11.8 Å². The van der Waals surface area contributed by atoms with Crippen LogP contribution in [0.1, 0.15) is 41.7 Å². The van der Waals surface area contributed by atoms with Gasteiger partial charge in [-0.25, -0.2) is 0 Å². The first-order valence-electron chi connectivity index (χ1n) is 12.3. The van der Waals surface area contributed by atoms with E-state index in [-0.39, 0.29) is 30.7 Å². The summed E-state index contributed by atoms with van der Waals surface area (Å²) >= 11 is 6.24. The van der Waals surface area contributed by atoms with E-state index in [1.54, 1.807) is 43.6 Å². The van der Waals surface area contributed by atoms with E-state index in [0.29, 0.717) is 39.8 Å². The minimum absolute atomic E-state index is 0.0583. The highest BCUT2D eigenvalue weighted by molar-refractivity contribution is 6.31. The molecule has 9 nitrogen and oxygen atoms in total. The smallest absolute Gasteiger partial charge is 0.270 e. The molecule has 3 aromatic rings. The molecule has 3 amide bonds. The normalized spacial score (nSPS) is 23.1. The van der Waals surface area contributed by atoms with Crippen LogP contribution in [0.5, 0.6) is 0 Å². The van der Waals surface area contributed by atoms with Crippen LogP contribution in [0.15, 0.2) is 42.6 Å². The Labute approximate surface area is 218 Å². The van der Waals surface area contributed by atoms with E-state index in [1.165, 1.54) is 9.80 Å². The number of rotatable bonds is 5. The molecular weight excluding hydrogens is 492 g/mol. The summed E-state index contributed by atoms with van der Waals surface area (Å²) in [4.78, 5) is 51.0. The summed E-state index contributed by atoms with van der Waals surface area (Å²) in [7, 11) is 1.62. The van der Waals surface area contributed by atoms with Gasteiger partial charge in [0.15, 0.2) is 0 Å². The highest BCUT2D eigenvalue weighted by Gasteiger charge is 2.57. The highest BCUT2D eigenvalue weighted by atomic mass is 35.5. The van der Waals surface area contributed by atoms with Crippen molar-refractivity contribution in [2.24, 2.45) is 5.92 Å². The molecule has 10 heteroatoms. The summed E-state index contributed by atoms with van der Waals surface area (Å²) < 4.78 is 0. The number of carbonyl (C=O) groups is 3. The van der Waals surface area contributed by atoms with Crippen molar-refractivity contribution in [1.29, 1.82) is 5.26 Å². The summed E-state index contributed by atoms with van der Waals surface area (Å²) in [5.74, 6) is -0.534. The van der Waals surface area contributed by atoms with Crippen molar-refractivity contribution in [3.8, 4) is 6.07 Å². The number of aromatic nitrogens is 2. The Hall–Kier alpha value is -3.90. The molecule has 0 unspecified atom stereocenters. The Morgan fingerprint density at radius 2 is 2.14 bits per heavy atom. The van der Waals surface area contributed by atoms with Crippen molar-refractivity contribution >= 4 is 46.0 Å². The van der Waals surface area contributed by atoms with Crippen LogP contribution in [-0.2, 0) is 15.0 Å². The molecule has 1 aliphatic carbocycles. The standard InChI is InChI=1S/C27H25ClN6O3/c1-33(24(35)22-11-21-20(31-22)3-2-8-30-21)23(9-15-4-5-15)25(36)34-14-27(12-17(34)13-29)18-10-16(28)6-7-19(18)32-26(27)37/h2-3,6-8,10-11,15,17,23,31H,4-5,9,12,14H2,1H3,(H,32,37)/t17-,23-,27-/m0/s1. The number of pyridine rings is 1. The van der Waals surface area contributed by atoms with E-state index in [4.69, 9.17) is 11.6 Å². The van der Waals surface area contributed by atoms with Crippen molar-refractivity contribution in [3.05, 3.63) is 58.9 Å². The molecule has 4 heterocycles. The first-order chi connectivity index (χ1) is 17.8. The zero-order valence-electron chi connectivity index (χ0n) is 20.2. The van der Waals surface area contributed by atoms with Crippen molar-refractivity contribution in [1.82, 2.24) is 19.8 Å². The number of benzene rings is 1. The largest absolute Gasteiger partial charge is 0.349 e. The maximum Gasteiger partial charge on any atom is 0.270 e. The van der Waals surface area contributed by atoms with Crippen LogP contribution in [0.3, 0.4) is 0 Å². The van der Waals surface area contributed by atoms with E-state index < -0.39 is 17.5 Å². The lowest BCUT2D eigenvalue weighted by Crippen LogP contribution is -2.51. The number of nitriles is 1. The Morgan fingerprint density at radius 3 is 2.86 bits per heavy atom. The maximum absolute atomic E-state index is 14.1. The molecule has 1 aromatic carbocycles. The predicted molar refractivity (Wildman–Crippen MR) is 137 cm³/mol. The quantitative estimate of drug-likeness (QED) is 0.537. The van der Waals surface area contributed by atoms with Gasteiger partial charge < -0.3 is 20.1 Å². The molecule has 6 rings (SSSR count). The number of aromatic amines is 1. The molecule has 3 atom stereocenters. The minimum Gasteiger partial charge on any atom is -0.349 e. The second kappa shape index (κ2) is 8.60. The van der Waals surface area contributed by atoms with Crippen molar-refractivity contribution in [2.75, 3.05) is 18.9 Å². The van der Waals surface area contributed by atoms with Gasteiger partial charge in [-0.05, 0) is 54.3 Å². The van der Waals surface area contributed by atoms with E-state index in [0.717, 1.165) is 18.4 Å². The number of fused-ring (bicyclic) bond motifs is 3. The van der Waals surface area contributed by atoms with E-state index in [1.807, 2.05) is 6.07 Å². The highest BCUT2D eigenvalue weighted by Crippen LogP contribution is 2.47. The number of nitrogens with zero attached hydrogens (tertiary/aromatic N) is 4. The Balaban J connectivity index is 1.31. The first kappa shape index (κ1) is 23.5. The van der Waals surface area contributed by atoms with Gasteiger partial charge in [-0.15, -0.1) is 0 Å². The first-order valence-corrected chi connectivity index (χ1v) is 12.7. The molecule has 1 spiro atoms. The van der Waals surface area contributed by atoms with Crippen LogP contribution >= 0.6 is 11.6 Å². The summed E-state index contributed by atoms with van der Waals surface area (Å²) in [5, 5.41) is 13.4. The molecule has 0 bridgehead atoms. The van der Waals surface area contributed by atoms with Crippen LogP contribution in [0.4, 0.5) is 5.69 Å². The van der Waals surface area contributed by atoms with Crippen molar-refractivity contribution < 1.29 is 14.4 Å². The number of anilines is 1. The SMILES string of the molecule is CN(C(=O)c1cc2ncccc2[nH]1)[C@@H](CC1CC1)C(=O)N1C[C@]2(C[C@H]1C#N)C(=O)Nc1ccc(Cl)cc12. The Kier molecular flexibility index (Phi) is 5.46. The molecule has 1 saturated heterocycles. The molecule has 2 N–H and O–H groups in total. The van der Waals surface area contributed by atoms with Gasteiger partial charge >= 0.3 is 0 Å². The second-order valence-corrected chi connectivity index (χ2v) is 10.7. The van der Waals surface area contributed by atoms with E-state index >= 15 is 0 Å². The number of H-pyrrole nitrogens is 1. The van der Waals surface area contributed by atoms with Crippen LogP contribution < -0.4 is 5.32 Å². The monoisotopic (exact) mass is 516 g/mol. The number of carbonyl (C=O) groups excluding carboxylic acids is 3. The molecule has 37 heavy (non-hydrogen) atoms. The van der Waals surface area contributed by atoms with Gasteiger partial charge in [0.05, 0.1) is 22.5 Å². The lowest BCUT2D eigenvalue weighted by molar-refractivity contribution is -0.136. The number of amides is 3. The zero-order valence-corrected chi connectivity index (χ0v) is 21.0. The molecular formula is C27H25ClN6O3. The number of likely N-dealkylation sites (tertiary alicyclic amines) is 1. The summed E-state index contributed by atoms with van der Waals surface area (Å²) in [5.41, 5.74) is 2.05. The van der Waals surface area contributed by atoms with Crippen LogP contribution in [0.25, 0.3) is 11.0 Å². The number of likely N-dealkylation sites (N-methyl/N-ethyl adjacent to an activating group) is 1. The molecule has 0 radical (unpaired) electrons. The third-order valence-electron chi connectivity index (χ3n) is 7.92. The third-order valence-corrected chi connectivity index (χ3v) is 8.15. The van der Waals surface area contributed by atoms with Crippen LogP contribution in [-0.4, -0.2) is 63.2 Å². The number of hydrogen-bond acceptors (Lipinski definition) is 5. The van der Waals surface area contributed by atoms with Crippen LogP contribution in [0.2, 0.25) is 5.02 Å². The maximum atomic E-state index is 14.1.